The van der Waals surface area contributed by atoms with Crippen LogP contribution in [0.4, 0.5) is 4.79 Å². The van der Waals surface area contributed by atoms with Crippen LogP contribution in [0.3, 0.4) is 0 Å². The second kappa shape index (κ2) is 10.2. The van der Waals surface area contributed by atoms with E-state index >= 15 is 0 Å². The van der Waals surface area contributed by atoms with E-state index in [2.05, 4.69) is 58.6 Å². The van der Waals surface area contributed by atoms with Crippen molar-refractivity contribution in [3.63, 3.8) is 0 Å². The summed E-state index contributed by atoms with van der Waals surface area (Å²) in [6.07, 6.45) is 2.20. The van der Waals surface area contributed by atoms with Gasteiger partial charge in [-0.1, -0.05) is 43.7 Å². The predicted octanol–water partition coefficient (Wildman–Crippen LogP) is 2.48. The normalized spacial score (nSPS) is 14.9. The Bertz CT molecular complexity index is 860. The van der Waals surface area contributed by atoms with Gasteiger partial charge in [0.25, 0.3) is 0 Å². The lowest BCUT2D eigenvalue weighted by molar-refractivity contribution is -0.680. The molecule has 0 bridgehead atoms. The Hall–Kier alpha value is -2.64. The van der Waals surface area contributed by atoms with Crippen molar-refractivity contribution in [2.24, 2.45) is 0 Å². The van der Waals surface area contributed by atoms with Gasteiger partial charge in [0, 0.05) is 5.56 Å². The Morgan fingerprint density at radius 3 is 2.69 bits per heavy atom. The van der Waals surface area contributed by atoms with Gasteiger partial charge < -0.3 is 20.7 Å². The number of amides is 2. The number of ether oxygens (including phenoxy) is 1. The summed E-state index contributed by atoms with van der Waals surface area (Å²) in [5, 5.41) is 9.65. The van der Waals surface area contributed by atoms with E-state index in [1.165, 1.54) is 16.0 Å². The number of benzene rings is 1. The topological polar surface area (TPSA) is 84.0 Å². The number of thiophene rings is 1. The van der Waals surface area contributed by atoms with E-state index in [0.29, 0.717) is 24.4 Å². The SMILES string of the molecule is CCCc1ccc([C@H]([NH2+]CC2=C(C(=O)OCC)CNC(=O)N2)c2cccs2)cc1. The molecule has 1 aliphatic heterocycles. The molecule has 1 aliphatic rings. The molecule has 0 spiro atoms. The number of urea groups is 1. The van der Waals surface area contributed by atoms with Crippen LogP contribution >= 0.6 is 11.3 Å². The van der Waals surface area contributed by atoms with Gasteiger partial charge >= 0.3 is 12.0 Å². The van der Waals surface area contributed by atoms with Gasteiger partial charge in [0.1, 0.15) is 12.6 Å². The van der Waals surface area contributed by atoms with Crippen molar-refractivity contribution < 1.29 is 19.6 Å². The highest BCUT2D eigenvalue weighted by atomic mass is 32.1. The maximum absolute atomic E-state index is 12.3. The molecule has 0 saturated carbocycles. The highest BCUT2D eigenvalue weighted by Gasteiger charge is 2.26. The number of esters is 1. The van der Waals surface area contributed by atoms with Gasteiger partial charge in [0.05, 0.1) is 29.3 Å². The van der Waals surface area contributed by atoms with Crippen LogP contribution in [0.25, 0.3) is 0 Å². The maximum atomic E-state index is 12.3. The van der Waals surface area contributed by atoms with Gasteiger partial charge in [-0.3, -0.25) is 0 Å². The number of quaternary nitrogens is 1. The molecule has 1 aromatic heterocycles. The Morgan fingerprint density at radius 2 is 2.03 bits per heavy atom. The Kier molecular flexibility index (Phi) is 7.43. The van der Waals surface area contributed by atoms with Crippen LogP contribution in [0.15, 0.2) is 53.0 Å². The third-order valence-electron chi connectivity index (χ3n) is 4.86. The van der Waals surface area contributed by atoms with Crippen LogP contribution < -0.4 is 16.0 Å². The molecular formula is C22H28N3O3S+. The third kappa shape index (κ3) is 5.46. The first-order valence-electron chi connectivity index (χ1n) is 10.0. The minimum Gasteiger partial charge on any atom is -0.463 e. The van der Waals surface area contributed by atoms with Crippen molar-refractivity contribution in [3.05, 3.63) is 69.1 Å². The van der Waals surface area contributed by atoms with E-state index in [-0.39, 0.29) is 24.6 Å². The number of nitrogens with two attached hydrogens (primary N) is 1. The molecule has 1 aromatic carbocycles. The first-order chi connectivity index (χ1) is 14.1. The molecule has 0 saturated heterocycles. The Labute approximate surface area is 175 Å². The molecule has 2 aromatic rings. The van der Waals surface area contributed by atoms with E-state index in [9.17, 15) is 9.59 Å². The zero-order valence-corrected chi connectivity index (χ0v) is 17.7. The smallest absolute Gasteiger partial charge is 0.337 e. The van der Waals surface area contributed by atoms with Crippen LogP contribution in [-0.4, -0.2) is 31.7 Å². The van der Waals surface area contributed by atoms with Crippen LogP contribution in [0, 0.1) is 0 Å². The fourth-order valence-electron chi connectivity index (χ4n) is 3.42. The van der Waals surface area contributed by atoms with Gasteiger partial charge in [-0.2, -0.15) is 0 Å². The summed E-state index contributed by atoms with van der Waals surface area (Å²) in [4.78, 5) is 25.3. The molecule has 0 aliphatic carbocycles. The lowest BCUT2D eigenvalue weighted by Gasteiger charge is -2.22. The molecule has 154 valence electrons. The zero-order valence-electron chi connectivity index (χ0n) is 16.9. The van der Waals surface area contributed by atoms with E-state index < -0.39 is 0 Å². The molecule has 0 unspecified atom stereocenters. The molecule has 3 rings (SSSR count). The average molecular weight is 415 g/mol. The number of hydrogen-bond acceptors (Lipinski definition) is 4. The molecule has 29 heavy (non-hydrogen) atoms. The second-order valence-electron chi connectivity index (χ2n) is 6.91. The van der Waals surface area contributed by atoms with Crippen molar-refractivity contribution in [1.29, 1.82) is 0 Å². The van der Waals surface area contributed by atoms with Crippen LogP contribution in [0.5, 0.6) is 0 Å². The minimum absolute atomic E-state index is 0.0911. The third-order valence-corrected chi connectivity index (χ3v) is 5.82. The summed E-state index contributed by atoms with van der Waals surface area (Å²) < 4.78 is 5.15. The first-order valence-corrected chi connectivity index (χ1v) is 10.9. The van der Waals surface area contributed by atoms with E-state index in [1.54, 1.807) is 18.3 Å². The summed E-state index contributed by atoms with van der Waals surface area (Å²) in [6, 6.07) is 12.7. The van der Waals surface area contributed by atoms with Crippen LogP contribution in [0.2, 0.25) is 0 Å². The van der Waals surface area contributed by atoms with Crippen molar-refractivity contribution >= 4 is 23.3 Å². The lowest BCUT2D eigenvalue weighted by Crippen LogP contribution is -2.86. The highest BCUT2D eigenvalue weighted by molar-refractivity contribution is 7.10. The van der Waals surface area contributed by atoms with Gasteiger partial charge in [-0.05, 0) is 30.4 Å². The molecule has 6 nitrogen and oxygen atoms in total. The van der Waals surface area contributed by atoms with Crippen molar-refractivity contribution in [2.75, 3.05) is 19.7 Å². The lowest BCUT2D eigenvalue weighted by atomic mass is 10.0. The molecule has 7 heteroatoms. The summed E-state index contributed by atoms with van der Waals surface area (Å²) in [7, 11) is 0. The number of rotatable bonds is 9. The predicted molar refractivity (Wildman–Crippen MR) is 114 cm³/mol. The largest absolute Gasteiger partial charge is 0.463 e. The van der Waals surface area contributed by atoms with E-state index in [4.69, 9.17) is 4.74 Å². The summed E-state index contributed by atoms with van der Waals surface area (Å²) in [5.74, 6) is -0.389. The van der Waals surface area contributed by atoms with Gasteiger partial charge in [-0.15, -0.1) is 11.3 Å². The fourth-order valence-corrected chi connectivity index (χ4v) is 4.27. The first kappa shape index (κ1) is 21.1. The molecule has 4 N–H and O–H groups in total. The van der Waals surface area contributed by atoms with Crippen molar-refractivity contribution in [3.8, 4) is 0 Å². The molecule has 1 atom stereocenters. The summed E-state index contributed by atoms with van der Waals surface area (Å²) in [5.41, 5.74) is 3.62. The molecule has 0 radical (unpaired) electrons. The van der Waals surface area contributed by atoms with Crippen molar-refractivity contribution in [2.45, 2.75) is 32.7 Å². The molecule has 2 amide bonds. The molecule has 0 fully saturated rings. The number of carbonyl (C=O) groups is 2. The van der Waals surface area contributed by atoms with Gasteiger partial charge in [-0.25, -0.2) is 9.59 Å². The monoisotopic (exact) mass is 414 g/mol. The Balaban J connectivity index is 1.82. The quantitative estimate of drug-likeness (QED) is 0.551. The molecular weight excluding hydrogens is 386 g/mol. The van der Waals surface area contributed by atoms with Crippen LogP contribution in [-0.2, 0) is 16.0 Å². The Morgan fingerprint density at radius 1 is 1.24 bits per heavy atom. The van der Waals surface area contributed by atoms with E-state index in [1.807, 2.05) is 6.07 Å². The standard InChI is InChI=1S/C22H27N3O3S/c1-3-6-15-8-10-16(11-9-15)20(19-7-5-12-29-19)23-14-18-17(21(26)28-4-2)13-24-22(27)25-18/h5,7-12,20,23H,3-4,6,13-14H2,1-2H3,(H2,24,25,27)/p+1/t20-/m0/s1. The number of hydrogen-bond donors (Lipinski definition) is 3. The average Bonchev–Trinajstić information content (AvgIpc) is 3.24. The zero-order chi connectivity index (χ0) is 20.6. The maximum Gasteiger partial charge on any atom is 0.337 e. The van der Waals surface area contributed by atoms with Gasteiger partial charge in [0.15, 0.2) is 0 Å². The number of aryl methyl sites for hydroxylation is 1. The number of carbonyl (C=O) groups excluding carboxylic acids is 2. The minimum atomic E-state index is -0.389. The number of nitrogens with one attached hydrogen (secondary N) is 2. The van der Waals surface area contributed by atoms with Crippen LogP contribution in [0.1, 0.15) is 42.3 Å². The molecule has 2 heterocycles. The summed E-state index contributed by atoms with van der Waals surface area (Å²) >= 11 is 1.70. The van der Waals surface area contributed by atoms with Crippen molar-refractivity contribution in [1.82, 2.24) is 10.6 Å². The van der Waals surface area contributed by atoms with E-state index in [0.717, 1.165) is 12.8 Å². The van der Waals surface area contributed by atoms with Gasteiger partial charge in [0.2, 0.25) is 0 Å². The fraction of sp³-hybridized carbons (Fsp3) is 0.364. The highest BCUT2D eigenvalue weighted by Crippen LogP contribution is 2.23. The second-order valence-corrected chi connectivity index (χ2v) is 7.89. The summed E-state index contributed by atoms with van der Waals surface area (Å²) in [6.45, 7) is 4.91.